The largest absolute Gasteiger partial charge is 0.466 e. The number of esters is 1. The average molecular weight is 360 g/mol. The van der Waals surface area contributed by atoms with Crippen LogP contribution in [-0.4, -0.2) is 23.5 Å². The summed E-state index contributed by atoms with van der Waals surface area (Å²) in [5.74, 6) is 0.117. The van der Waals surface area contributed by atoms with Crippen LogP contribution in [-0.2, 0) is 27.2 Å². The van der Waals surface area contributed by atoms with Crippen molar-refractivity contribution in [1.29, 1.82) is 0 Å². The summed E-state index contributed by atoms with van der Waals surface area (Å²) in [5, 5.41) is 5.06. The average Bonchev–Trinajstić information content (AvgIpc) is 3.00. The number of nitrogens with one attached hydrogen (secondary N) is 1. The summed E-state index contributed by atoms with van der Waals surface area (Å²) in [7, 11) is 0. The van der Waals surface area contributed by atoms with Crippen LogP contribution in [0.2, 0.25) is 0 Å². The second kappa shape index (κ2) is 9.32. The van der Waals surface area contributed by atoms with Gasteiger partial charge in [-0.3, -0.25) is 9.59 Å². The first kappa shape index (κ1) is 19.1. The molecule has 1 amide bonds. The highest BCUT2D eigenvalue weighted by molar-refractivity contribution is 7.13. The summed E-state index contributed by atoms with van der Waals surface area (Å²) in [6, 6.07) is 8.37. The number of aromatic nitrogens is 1. The molecular weight excluding hydrogens is 336 g/mol. The maximum atomic E-state index is 12.1. The Balaban J connectivity index is 1.80. The summed E-state index contributed by atoms with van der Waals surface area (Å²) >= 11 is 1.31. The highest BCUT2D eigenvalue weighted by atomic mass is 32.1. The summed E-state index contributed by atoms with van der Waals surface area (Å²) in [4.78, 5) is 27.7. The Kier molecular flexibility index (Phi) is 7.13. The van der Waals surface area contributed by atoms with Gasteiger partial charge in [0.2, 0.25) is 5.91 Å². The molecule has 1 heterocycles. The molecule has 0 fully saturated rings. The number of hydrogen-bond donors (Lipinski definition) is 1. The predicted octanol–water partition coefficient (Wildman–Crippen LogP) is 3.94. The van der Waals surface area contributed by atoms with E-state index in [1.54, 1.807) is 12.3 Å². The molecule has 0 spiro atoms. The number of carbonyl (C=O) groups excluding carboxylic acids is 2. The van der Waals surface area contributed by atoms with Crippen molar-refractivity contribution in [3.63, 3.8) is 0 Å². The Morgan fingerprint density at radius 3 is 2.60 bits per heavy atom. The van der Waals surface area contributed by atoms with E-state index in [0.29, 0.717) is 36.2 Å². The smallest absolute Gasteiger partial charge is 0.311 e. The number of thiazole rings is 1. The molecule has 0 aliphatic carbocycles. The van der Waals surface area contributed by atoms with Gasteiger partial charge in [0.15, 0.2) is 5.13 Å². The molecule has 0 aliphatic heterocycles. The number of benzene rings is 1. The van der Waals surface area contributed by atoms with Gasteiger partial charge in [0, 0.05) is 11.8 Å². The lowest BCUT2D eigenvalue weighted by Crippen LogP contribution is -2.12. The lowest BCUT2D eigenvalue weighted by atomic mass is 10.0. The zero-order chi connectivity index (χ0) is 18.2. The van der Waals surface area contributed by atoms with Gasteiger partial charge >= 0.3 is 5.97 Å². The minimum atomic E-state index is -0.310. The van der Waals surface area contributed by atoms with Crippen LogP contribution in [0, 0.1) is 0 Å². The quantitative estimate of drug-likeness (QED) is 0.724. The van der Waals surface area contributed by atoms with E-state index in [1.165, 1.54) is 16.9 Å². The van der Waals surface area contributed by atoms with Gasteiger partial charge in [0.05, 0.1) is 18.7 Å². The zero-order valence-corrected chi connectivity index (χ0v) is 15.7. The summed E-state index contributed by atoms with van der Waals surface area (Å²) in [5.41, 5.74) is 3.05. The molecule has 0 bridgehead atoms. The highest BCUT2D eigenvalue weighted by Crippen LogP contribution is 2.18. The Hall–Kier alpha value is -2.21. The fourth-order valence-electron chi connectivity index (χ4n) is 2.31. The number of anilines is 1. The molecule has 1 aromatic heterocycles. The number of amides is 1. The fraction of sp³-hybridized carbons (Fsp3) is 0.421. The highest BCUT2D eigenvalue weighted by Gasteiger charge is 2.10. The molecule has 1 aromatic carbocycles. The first-order valence-corrected chi connectivity index (χ1v) is 9.34. The van der Waals surface area contributed by atoms with Crippen LogP contribution in [0.5, 0.6) is 0 Å². The number of ether oxygens (including phenoxy) is 1. The molecule has 0 atom stereocenters. The number of rotatable bonds is 8. The Morgan fingerprint density at radius 2 is 1.96 bits per heavy atom. The van der Waals surface area contributed by atoms with Crippen LogP contribution >= 0.6 is 11.3 Å². The van der Waals surface area contributed by atoms with E-state index < -0.39 is 0 Å². The second-order valence-corrected chi connectivity index (χ2v) is 6.93. The Labute approximate surface area is 152 Å². The molecule has 2 aromatic rings. The zero-order valence-electron chi connectivity index (χ0n) is 14.9. The van der Waals surface area contributed by atoms with Crippen LogP contribution in [0.1, 0.15) is 49.9 Å². The minimum absolute atomic E-state index is 0.0787. The van der Waals surface area contributed by atoms with Crippen LogP contribution in [0.25, 0.3) is 0 Å². The third-order valence-electron chi connectivity index (χ3n) is 3.72. The summed E-state index contributed by atoms with van der Waals surface area (Å²) in [6.45, 7) is 6.44. The topological polar surface area (TPSA) is 68.3 Å². The lowest BCUT2D eigenvalue weighted by Gasteiger charge is -2.07. The van der Waals surface area contributed by atoms with Gasteiger partial charge in [-0.25, -0.2) is 4.98 Å². The van der Waals surface area contributed by atoms with E-state index in [-0.39, 0.29) is 18.3 Å². The van der Waals surface area contributed by atoms with Crippen LogP contribution in [0.3, 0.4) is 0 Å². The Bertz CT molecular complexity index is 708. The van der Waals surface area contributed by atoms with Crippen molar-refractivity contribution < 1.29 is 14.3 Å². The molecule has 134 valence electrons. The first-order valence-electron chi connectivity index (χ1n) is 8.46. The van der Waals surface area contributed by atoms with Gasteiger partial charge in [0.1, 0.15) is 0 Å². The third kappa shape index (κ3) is 6.31. The number of aryl methyl sites for hydroxylation is 1. The van der Waals surface area contributed by atoms with E-state index in [0.717, 1.165) is 5.56 Å². The SMILES string of the molecule is CCOC(=O)Cc1csc(NC(=O)CCc2ccc(C(C)C)cc2)n1. The van der Waals surface area contributed by atoms with Crippen molar-refractivity contribution in [3.05, 3.63) is 46.5 Å². The molecule has 5 nitrogen and oxygen atoms in total. The van der Waals surface area contributed by atoms with Crippen molar-refractivity contribution in [1.82, 2.24) is 4.98 Å². The third-order valence-corrected chi connectivity index (χ3v) is 4.52. The minimum Gasteiger partial charge on any atom is -0.466 e. The molecule has 2 rings (SSSR count). The molecule has 0 saturated heterocycles. The van der Waals surface area contributed by atoms with E-state index in [9.17, 15) is 9.59 Å². The van der Waals surface area contributed by atoms with E-state index in [1.807, 2.05) is 0 Å². The van der Waals surface area contributed by atoms with Crippen molar-refractivity contribution in [2.75, 3.05) is 11.9 Å². The van der Waals surface area contributed by atoms with Gasteiger partial charge < -0.3 is 10.1 Å². The van der Waals surface area contributed by atoms with Crippen LogP contribution in [0.4, 0.5) is 5.13 Å². The maximum absolute atomic E-state index is 12.1. The van der Waals surface area contributed by atoms with Crippen molar-refractivity contribution in [2.45, 2.75) is 46.0 Å². The van der Waals surface area contributed by atoms with Crippen molar-refractivity contribution in [2.24, 2.45) is 0 Å². The summed E-state index contributed by atoms with van der Waals surface area (Å²) in [6.07, 6.45) is 1.21. The van der Waals surface area contributed by atoms with E-state index >= 15 is 0 Å². The molecule has 6 heteroatoms. The molecule has 0 unspecified atom stereocenters. The van der Waals surface area contributed by atoms with Gasteiger partial charge in [-0.1, -0.05) is 38.1 Å². The van der Waals surface area contributed by atoms with Gasteiger partial charge in [-0.15, -0.1) is 11.3 Å². The van der Waals surface area contributed by atoms with E-state index in [4.69, 9.17) is 4.74 Å². The molecule has 1 N–H and O–H groups in total. The van der Waals surface area contributed by atoms with Gasteiger partial charge in [0.25, 0.3) is 0 Å². The number of nitrogens with zero attached hydrogens (tertiary/aromatic N) is 1. The molecule has 0 radical (unpaired) electrons. The number of carbonyl (C=O) groups is 2. The fourth-order valence-corrected chi connectivity index (χ4v) is 3.04. The van der Waals surface area contributed by atoms with E-state index in [2.05, 4.69) is 48.4 Å². The molecule has 25 heavy (non-hydrogen) atoms. The van der Waals surface area contributed by atoms with Crippen LogP contribution < -0.4 is 5.32 Å². The first-order chi connectivity index (χ1) is 12.0. The summed E-state index contributed by atoms with van der Waals surface area (Å²) < 4.78 is 4.89. The second-order valence-electron chi connectivity index (χ2n) is 6.07. The van der Waals surface area contributed by atoms with Gasteiger partial charge in [-0.05, 0) is 30.4 Å². The molecule has 0 saturated carbocycles. The standard InChI is InChI=1S/C19H24N2O3S/c1-4-24-18(23)11-16-12-25-19(20-16)21-17(22)10-7-14-5-8-15(9-6-14)13(2)3/h5-6,8-9,12-13H,4,7,10-11H2,1-3H3,(H,20,21,22). The van der Waals surface area contributed by atoms with Crippen molar-refractivity contribution >= 4 is 28.3 Å². The van der Waals surface area contributed by atoms with Gasteiger partial charge in [-0.2, -0.15) is 0 Å². The Morgan fingerprint density at radius 1 is 1.24 bits per heavy atom. The monoisotopic (exact) mass is 360 g/mol. The molecular formula is C19H24N2O3S. The number of hydrogen-bond acceptors (Lipinski definition) is 5. The maximum Gasteiger partial charge on any atom is 0.311 e. The predicted molar refractivity (Wildman–Crippen MR) is 99.9 cm³/mol. The van der Waals surface area contributed by atoms with Crippen LogP contribution in [0.15, 0.2) is 29.6 Å². The molecule has 0 aliphatic rings. The van der Waals surface area contributed by atoms with Crippen molar-refractivity contribution in [3.8, 4) is 0 Å². The lowest BCUT2D eigenvalue weighted by molar-refractivity contribution is -0.142. The normalized spacial score (nSPS) is 10.7.